The zero-order chi connectivity index (χ0) is 29.2. The van der Waals surface area contributed by atoms with Crippen molar-refractivity contribution in [3.05, 3.63) is 88.4 Å². The van der Waals surface area contributed by atoms with Crippen LogP contribution in [0.4, 0.5) is 15.9 Å². The highest BCUT2D eigenvalue weighted by Gasteiger charge is 2.39. The summed E-state index contributed by atoms with van der Waals surface area (Å²) < 4.78 is 23.0. The molecule has 0 bridgehead atoms. The highest BCUT2D eigenvalue weighted by atomic mass is 19.1. The number of carbonyl (C=O) groups excluding carboxylic acids is 1. The van der Waals surface area contributed by atoms with Gasteiger partial charge < -0.3 is 9.30 Å². The second kappa shape index (κ2) is 10.1. The van der Waals surface area contributed by atoms with E-state index >= 15 is 4.39 Å². The fourth-order valence-corrected chi connectivity index (χ4v) is 6.88. The summed E-state index contributed by atoms with van der Waals surface area (Å²) in [5.41, 5.74) is 5.56. The summed E-state index contributed by atoms with van der Waals surface area (Å²) in [5.74, 6) is 1.43. The number of pyridine rings is 1. The summed E-state index contributed by atoms with van der Waals surface area (Å²) in [7, 11) is 1.86. The Labute approximate surface area is 248 Å². The van der Waals surface area contributed by atoms with Crippen molar-refractivity contribution in [1.29, 1.82) is 0 Å². The summed E-state index contributed by atoms with van der Waals surface area (Å²) in [6.45, 7) is 10.8. The number of hydrogen-bond acceptors (Lipinski definition) is 6. The summed E-state index contributed by atoms with van der Waals surface area (Å²) in [4.78, 5) is 26.4. The largest absolute Gasteiger partial charge is 0.379 e. The summed E-state index contributed by atoms with van der Waals surface area (Å²) in [6.07, 6.45) is 4.80. The van der Waals surface area contributed by atoms with Crippen molar-refractivity contribution in [2.24, 2.45) is 13.0 Å². The van der Waals surface area contributed by atoms with Crippen molar-refractivity contribution in [3.8, 4) is 22.5 Å². The van der Waals surface area contributed by atoms with Crippen LogP contribution >= 0.6 is 0 Å². The molecule has 3 aliphatic heterocycles. The molecule has 5 heterocycles. The number of nitrogens with zero attached hydrogens (tertiary/aromatic N) is 7. The van der Waals surface area contributed by atoms with Crippen molar-refractivity contribution in [2.75, 3.05) is 24.7 Å². The monoisotopic (exact) mass is 575 g/mol. The number of rotatable bonds is 6. The lowest BCUT2D eigenvalue weighted by Gasteiger charge is -2.22. The van der Waals surface area contributed by atoms with Crippen LogP contribution in [0.1, 0.15) is 52.4 Å². The van der Waals surface area contributed by atoms with Crippen molar-refractivity contribution >= 4 is 17.4 Å². The molecular weight excluding hydrogens is 545 g/mol. The van der Waals surface area contributed by atoms with E-state index in [2.05, 4.69) is 26.0 Å². The van der Waals surface area contributed by atoms with Crippen LogP contribution in [0.3, 0.4) is 0 Å². The average molecular weight is 576 g/mol. The Kier molecular flexibility index (Phi) is 6.13. The minimum atomic E-state index is -0.348. The van der Waals surface area contributed by atoms with Crippen molar-refractivity contribution in [1.82, 2.24) is 24.6 Å². The predicted octanol–water partition coefficient (Wildman–Crippen LogP) is 5.49. The molecule has 1 amide bonds. The van der Waals surface area contributed by atoms with E-state index in [4.69, 9.17) is 16.3 Å². The van der Waals surface area contributed by atoms with Crippen LogP contribution in [-0.2, 0) is 24.9 Å². The molecular formula is C33H30FN7O2. The SMILES string of the molecule is [C-]#[N+]c1ccc(-c2cc(C3CC3)nc(N3Cc4c(F)cc(CN5CC[C@@H]6COC[C@H]65)cc4C3=O)c2)c(-c2nncn2C)c1. The number of aryl methyl sites for hydroxylation is 1. The highest BCUT2D eigenvalue weighted by molar-refractivity contribution is 6.10. The number of benzene rings is 2. The molecule has 2 atom stereocenters. The fraction of sp³-hybridized carbons (Fsp3) is 0.364. The van der Waals surface area contributed by atoms with E-state index in [0.717, 1.165) is 67.0 Å². The van der Waals surface area contributed by atoms with Crippen LogP contribution in [-0.4, -0.2) is 56.4 Å². The quantitative estimate of drug-likeness (QED) is 0.283. The molecule has 4 aromatic rings. The van der Waals surface area contributed by atoms with E-state index in [1.165, 1.54) is 0 Å². The molecule has 2 saturated heterocycles. The zero-order valence-corrected chi connectivity index (χ0v) is 23.8. The van der Waals surface area contributed by atoms with E-state index < -0.39 is 0 Å². The lowest BCUT2D eigenvalue weighted by atomic mass is 9.97. The van der Waals surface area contributed by atoms with Crippen LogP contribution in [0.25, 0.3) is 27.4 Å². The summed E-state index contributed by atoms with van der Waals surface area (Å²) >= 11 is 0. The molecule has 216 valence electrons. The highest BCUT2D eigenvalue weighted by Crippen LogP contribution is 2.44. The molecule has 2 aromatic carbocycles. The van der Waals surface area contributed by atoms with Gasteiger partial charge in [-0.2, -0.15) is 0 Å². The predicted molar refractivity (Wildman–Crippen MR) is 158 cm³/mol. The van der Waals surface area contributed by atoms with Crippen LogP contribution in [0.2, 0.25) is 0 Å². The van der Waals surface area contributed by atoms with Gasteiger partial charge in [-0.15, -0.1) is 10.2 Å². The van der Waals surface area contributed by atoms with Gasteiger partial charge in [0.1, 0.15) is 18.0 Å². The van der Waals surface area contributed by atoms with Gasteiger partial charge in [0.2, 0.25) is 0 Å². The lowest BCUT2D eigenvalue weighted by molar-refractivity contribution is 0.0995. The molecule has 2 aromatic heterocycles. The summed E-state index contributed by atoms with van der Waals surface area (Å²) in [6, 6.07) is 13.3. The van der Waals surface area contributed by atoms with Gasteiger partial charge in [0.25, 0.3) is 5.91 Å². The Morgan fingerprint density at radius 1 is 1.07 bits per heavy atom. The number of halogens is 1. The number of ether oxygens (including phenoxy) is 1. The van der Waals surface area contributed by atoms with Crippen molar-refractivity contribution in [2.45, 2.75) is 44.3 Å². The molecule has 0 spiro atoms. The number of fused-ring (bicyclic) bond motifs is 2. The molecule has 0 radical (unpaired) electrons. The van der Waals surface area contributed by atoms with E-state index in [9.17, 15) is 4.79 Å². The first-order valence-corrected chi connectivity index (χ1v) is 14.8. The second-order valence-corrected chi connectivity index (χ2v) is 12.1. The molecule has 8 rings (SSSR count). The van der Waals surface area contributed by atoms with Crippen LogP contribution in [0, 0.1) is 18.3 Å². The van der Waals surface area contributed by atoms with Gasteiger partial charge in [0.05, 0.1) is 26.3 Å². The van der Waals surface area contributed by atoms with Gasteiger partial charge in [-0.1, -0.05) is 12.1 Å². The van der Waals surface area contributed by atoms with Gasteiger partial charge in [-0.25, -0.2) is 14.2 Å². The third-order valence-corrected chi connectivity index (χ3v) is 9.35. The van der Waals surface area contributed by atoms with Crippen LogP contribution in [0.5, 0.6) is 0 Å². The maximum absolute atomic E-state index is 15.6. The van der Waals surface area contributed by atoms with Crippen LogP contribution < -0.4 is 4.90 Å². The second-order valence-electron chi connectivity index (χ2n) is 12.1. The first-order valence-electron chi connectivity index (χ1n) is 14.8. The minimum absolute atomic E-state index is 0.135. The normalized spacial score (nSPS) is 21.3. The maximum atomic E-state index is 15.6. The number of aromatic nitrogens is 4. The van der Waals surface area contributed by atoms with E-state index in [-0.39, 0.29) is 18.3 Å². The van der Waals surface area contributed by atoms with E-state index in [0.29, 0.717) is 52.9 Å². The zero-order valence-electron chi connectivity index (χ0n) is 23.8. The van der Waals surface area contributed by atoms with Crippen LogP contribution in [0.15, 0.2) is 48.8 Å². The van der Waals surface area contributed by atoms with Crippen molar-refractivity contribution < 1.29 is 13.9 Å². The first-order chi connectivity index (χ1) is 21.0. The Hall–Kier alpha value is -4.46. The molecule has 4 aliphatic rings. The Bertz CT molecular complexity index is 1820. The molecule has 0 N–H and O–H groups in total. The Balaban J connectivity index is 1.16. The molecule has 0 unspecified atom stereocenters. The molecule has 43 heavy (non-hydrogen) atoms. The van der Waals surface area contributed by atoms with E-state index in [1.54, 1.807) is 23.4 Å². The smallest absolute Gasteiger partial charge is 0.260 e. The van der Waals surface area contributed by atoms with Gasteiger partial charge in [0, 0.05) is 53.9 Å². The number of likely N-dealkylation sites (tertiary alicyclic amines) is 1. The third kappa shape index (κ3) is 4.51. The molecule has 10 heteroatoms. The molecule has 1 saturated carbocycles. The standard InChI is InChI=1S/C33H30FN7O2/c1-35-23-5-6-24(25(13-23)32-38-36-18-39(32)2)22-11-29(20-3-4-20)37-31(12-22)41-15-27-26(33(41)42)9-19(10-28(27)34)14-40-8-7-21-16-43-17-30(21)40/h5-6,9-13,18,20-21,30H,3-4,7-8,14-17H2,2H3/t21-,30-/m1/s1. The number of anilines is 1. The van der Waals surface area contributed by atoms with Gasteiger partial charge in [0.15, 0.2) is 11.5 Å². The van der Waals surface area contributed by atoms with Crippen molar-refractivity contribution in [3.63, 3.8) is 0 Å². The number of hydrogen-bond donors (Lipinski definition) is 0. The fourth-order valence-electron chi connectivity index (χ4n) is 6.88. The van der Waals surface area contributed by atoms with Gasteiger partial charge in [-0.3, -0.25) is 14.6 Å². The maximum Gasteiger partial charge on any atom is 0.260 e. The van der Waals surface area contributed by atoms with Gasteiger partial charge >= 0.3 is 0 Å². The number of carbonyl (C=O) groups is 1. The van der Waals surface area contributed by atoms with E-state index in [1.807, 2.05) is 35.9 Å². The number of amides is 1. The molecule has 1 aliphatic carbocycles. The Morgan fingerprint density at radius 3 is 2.74 bits per heavy atom. The Morgan fingerprint density at radius 2 is 1.95 bits per heavy atom. The lowest BCUT2D eigenvalue weighted by Crippen LogP contribution is -2.32. The first kappa shape index (κ1) is 26.2. The average Bonchev–Trinajstić information content (AvgIpc) is 3.26. The summed E-state index contributed by atoms with van der Waals surface area (Å²) in [5, 5.41) is 8.35. The molecule has 9 nitrogen and oxygen atoms in total. The molecule has 3 fully saturated rings. The third-order valence-electron chi connectivity index (χ3n) is 9.35. The minimum Gasteiger partial charge on any atom is -0.379 e. The van der Waals surface area contributed by atoms with Gasteiger partial charge in [-0.05, 0) is 72.8 Å². The topological polar surface area (TPSA) is 80.7 Å².